The van der Waals surface area contributed by atoms with Crippen molar-refractivity contribution in [1.82, 2.24) is 9.55 Å². The van der Waals surface area contributed by atoms with Gasteiger partial charge in [-0.2, -0.15) is 4.98 Å². The van der Waals surface area contributed by atoms with Crippen molar-refractivity contribution in [2.75, 3.05) is 31.9 Å². The molecule has 1 rings (SSSR count). The van der Waals surface area contributed by atoms with E-state index in [1.807, 2.05) is 0 Å². The van der Waals surface area contributed by atoms with E-state index in [0.29, 0.717) is 4.57 Å². The lowest BCUT2D eigenvalue weighted by atomic mass is 9.94. The fraction of sp³-hybridized carbons (Fsp3) is 0.733. The molecule has 0 amide bonds. The Hall–Kier alpha value is -1.10. The van der Waals surface area contributed by atoms with Crippen molar-refractivity contribution in [3.63, 3.8) is 0 Å². The molecule has 13 heteroatoms. The number of nitrogens with two attached hydrogens (primary N) is 1. The summed E-state index contributed by atoms with van der Waals surface area (Å²) in [6.45, 7) is 2.80. The number of ether oxygens (including phenoxy) is 1. The molecule has 1 aromatic rings. The zero-order chi connectivity index (χ0) is 21.5. The van der Waals surface area contributed by atoms with Crippen molar-refractivity contribution >= 4 is 25.0 Å². The molecule has 0 aliphatic heterocycles. The predicted molar refractivity (Wildman–Crippen MR) is 99.9 cm³/mol. The number of alkyl halides is 3. The molecule has 3 N–H and O–H groups in total. The van der Waals surface area contributed by atoms with E-state index in [1.54, 1.807) is 0 Å². The number of methoxy groups -OCH3 is 1. The normalized spacial score (nSPS) is 17.7. The van der Waals surface area contributed by atoms with Gasteiger partial charge < -0.3 is 24.6 Å². The first-order valence-corrected chi connectivity index (χ1v) is 10.6. The van der Waals surface area contributed by atoms with Gasteiger partial charge in [-0.15, -0.1) is 11.6 Å². The second-order valence-electron chi connectivity index (χ2n) is 5.78. The smallest absolute Gasteiger partial charge is 0.364 e. The number of hydrogen-bond donors (Lipinski definition) is 2. The van der Waals surface area contributed by atoms with Crippen LogP contribution >= 0.6 is 19.2 Å². The number of aliphatic hydroxyl groups excluding tert-OH is 1. The van der Waals surface area contributed by atoms with Gasteiger partial charge >= 0.3 is 13.3 Å². The summed E-state index contributed by atoms with van der Waals surface area (Å²) in [5.41, 5.74) is 2.23. The number of hydrogen-bond acceptors (Lipinski definition) is 8. The second-order valence-corrected chi connectivity index (χ2v) is 8.20. The summed E-state index contributed by atoms with van der Waals surface area (Å²) in [4.78, 5) is 15.2. The second kappa shape index (κ2) is 10.6. The van der Waals surface area contributed by atoms with Crippen LogP contribution < -0.4 is 11.4 Å². The molecule has 0 saturated heterocycles. The van der Waals surface area contributed by atoms with Crippen LogP contribution in [0.25, 0.3) is 0 Å². The Bertz CT molecular complexity index is 726. The minimum Gasteiger partial charge on any atom is -0.385 e. The summed E-state index contributed by atoms with van der Waals surface area (Å²) < 4.78 is 57.8. The lowest BCUT2D eigenvalue weighted by Gasteiger charge is -2.38. The highest BCUT2D eigenvalue weighted by molar-refractivity contribution is 7.54. The molecule has 1 unspecified atom stereocenters. The Balaban J connectivity index is 3.21. The Labute approximate surface area is 166 Å². The van der Waals surface area contributed by atoms with E-state index in [1.165, 1.54) is 13.8 Å². The molecule has 0 fully saturated rings. The van der Waals surface area contributed by atoms with Gasteiger partial charge in [-0.25, -0.2) is 13.6 Å². The van der Waals surface area contributed by atoms with Crippen LogP contribution in [0, 0.1) is 0 Å². The minimum atomic E-state index is -4.23. The van der Waals surface area contributed by atoms with Gasteiger partial charge in [-0.3, -0.25) is 9.13 Å². The number of nitrogen functional groups attached to an aromatic ring is 1. The molecule has 0 saturated carbocycles. The van der Waals surface area contributed by atoms with Gasteiger partial charge in [0.25, 0.3) is 0 Å². The number of aromatic nitrogens is 2. The highest BCUT2D eigenvalue weighted by atomic mass is 35.5. The fourth-order valence-corrected chi connectivity index (χ4v) is 4.51. The molecular formula is C15H25ClF2N3O6P. The quantitative estimate of drug-likeness (QED) is 0.369. The standard InChI is InChI=1S/C15H25ClF2N3O6P/c1-4-26-28(24,27-5-2)10(17)8-15(9-16,25-3)12(22)13(18)21-7-6-11(19)20-14(21)23/h6-7,10,12-13,22H,4-5,8-9H2,1-3H3,(H2,19,20,23)/t10?,12-,13-,15-/m0/s1. The summed E-state index contributed by atoms with van der Waals surface area (Å²) >= 11 is 5.85. The largest absolute Gasteiger partial charge is 0.385 e. The number of nitrogens with zero attached hydrogens (tertiary/aromatic N) is 2. The third-order valence-corrected chi connectivity index (χ3v) is 6.58. The molecular weight excluding hydrogens is 423 g/mol. The molecule has 9 nitrogen and oxygen atoms in total. The SMILES string of the molecule is CCOP(=O)(OCC)C(F)C[C@@](CCl)(OC)[C@@H](O)[C@@H](F)n1ccc(N)nc1=O. The van der Waals surface area contributed by atoms with Crippen LogP contribution in [0.4, 0.5) is 14.6 Å². The van der Waals surface area contributed by atoms with Crippen molar-refractivity contribution in [3.8, 4) is 0 Å². The van der Waals surface area contributed by atoms with Crippen LogP contribution in [0.3, 0.4) is 0 Å². The van der Waals surface area contributed by atoms with Crippen LogP contribution in [-0.4, -0.2) is 58.5 Å². The van der Waals surface area contributed by atoms with E-state index in [0.717, 1.165) is 19.4 Å². The van der Waals surface area contributed by atoms with Crippen LogP contribution in [-0.2, 0) is 18.3 Å². The van der Waals surface area contributed by atoms with Crippen molar-refractivity contribution < 1.29 is 32.2 Å². The highest BCUT2D eigenvalue weighted by Crippen LogP contribution is 2.56. The number of anilines is 1. The fourth-order valence-electron chi connectivity index (χ4n) is 2.49. The van der Waals surface area contributed by atoms with E-state index in [2.05, 4.69) is 4.98 Å². The monoisotopic (exact) mass is 447 g/mol. The van der Waals surface area contributed by atoms with Gasteiger partial charge in [0.15, 0.2) is 0 Å². The molecule has 0 aliphatic carbocycles. The number of rotatable bonds is 12. The van der Waals surface area contributed by atoms with Gasteiger partial charge in [0.1, 0.15) is 17.5 Å². The molecule has 0 spiro atoms. The zero-order valence-electron chi connectivity index (χ0n) is 15.8. The van der Waals surface area contributed by atoms with Crippen molar-refractivity contribution in [3.05, 3.63) is 22.7 Å². The summed E-state index contributed by atoms with van der Waals surface area (Å²) in [6, 6.07) is 1.15. The van der Waals surface area contributed by atoms with E-state index < -0.39 is 49.5 Å². The Morgan fingerprint density at radius 2 is 1.96 bits per heavy atom. The maximum atomic E-state index is 14.9. The summed E-state index contributed by atoms with van der Waals surface area (Å²) in [5.74, 6) is -2.99. The first kappa shape index (κ1) is 24.9. The molecule has 0 radical (unpaired) electrons. The Kier molecular flexibility index (Phi) is 9.45. The van der Waals surface area contributed by atoms with E-state index in [-0.39, 0.29) is 19.0 Å². The molecule has 0 bridgehead atoms. The molecule has 28 heavy (non-hydrogen) atoms. The maximum Gasteiger partial charge on any atom is 0.364 e. The zero-order valence-corrected chi connectivity index (χ0v) is 17.4. The molecule has 0 aliphatic rings. The van der Waals surface area contributed by atoms with E-state index >= 15 is 0 Å². The molecule has 1 aromatic heterocycles. The molecule has 0 aromatic carbocycles. The van der Waals surface area contributed by atoms with Crippen molar-refractivity contribution in [2.24, 2.45) is 0 Å². The van der Waals surface area contributed by atoms with Crippen LogP contribution in [0.5, 0.6) is 0 Å². The number of halogens is 3. The highest BCUT2D eigenvalue weighted by Gasteiger charge is 2.50. The Morgan fingerprint density at radius 3 is 2.39 bits per heavy atom. The molecule has 4 atom stereocenters. The first-order valence-electron chi connectivity index (χ1n) is 8.41. The van der Waals surface area contributed by atoms with Gasteiger partial charge in [0.05, 0.1) is 19.1 Å². The molecule has 162 valence electrons. The van der Waals surface area contributed by atoms with E-state index in [9.17, 15) is 23.2 Å². The van der Waals surface area contributed by atoms with E-state index in [4.69, 9.17) is 31.1 Å². The van der Waals surface area contributed by atoms with Crippen LogP contribution in [0.1, 0.15) is 26.6 Å². The van der Waals surface area contributed by atoms with Gasteiger partial charge in [-0.1, -0.05) is 0 Å². The predicted octanol–water partition coefficient (Wildman–Crippen LogP) is 2.23. The minimum absolute atomic E-state index is 0.0979. The van der Waals surface area contributed by atoms with Crippen LogP contribution in [0.2, 0.25) is 0 Å². The first-order chi connectivity index (χ1) is 13.1. The topological polar surface area (TPSA) is 126 Å². The molecule has 1 heterocycles. The third-order valence-electron chi connectivity index (χ3n) is 4.02. The number of aliphatic hydroxyl groups is 1. The maximum absolute atomic E-state index is 14.9. The summed E-state index contributed by atoms with van der Waals surface area (Å²) in [7, 11) is -3.16. The van der Waals surface area contributed by atoms with Crippen molar-refractivity contribution in [1.29, 1.82) is 0 Å². The van der Waals surface area contributed by atoms with Crippen molar-refractivity contribution in [2.45, 2.75) is 44.2 Å². The lowest BCUT2D eigenvalue weighted by Crippen LogP contribution is -2.52. The summed E-state index contributed by atoms with van der Waals surface area (Å²) in [5, 5.41) is 10.5. The Morgan fingerprint density at radius 1 is 1.39 bits per heavy atom. The third kappa shape index (κ3) is 5.49. The van der Waals surface area contributed by atoms with Gasteiger partial charge in [-0.05, 0) is 19.9 Å². The van der Waals surface area contributed by atoms with Gasteiger partial charge in [0.2, 0.25) is 12.2 Å². The van der Waals surface area contributed by atoms with Gasteiger partial charge in [0, 0.05) is 19.7 Å². The van der Waals surface area contributed by atoms with Crippen LogP contribution in [0.15, 0.2) is 17.1 Å². The summed E-state index contributed by atoms with van der Waals surface area (Å²) in [6.07, 6.45) is -4.35. The average molecular weight is 448 g/mol. The lowest BCUT2D eigenvalue weighted by molar-refractivity contribution is -0.140. The average Bonchev–Trinajstić information content (AvgIpc) is 2.65.